The lowest BCUT2D eigenvalue weighted by Crippen LogP contribution is -2.27. The second kappa shape index (κ2) is 8.79. The van der Waals surface area contributed by atoms with Gasteiger partial charge in [-0.2, -0.15) is 9.78 Å². The van der Waals surface area contributed by atoms with Gasteiger partial charge in [0.25, 0.3) is 0 Å². The fourth-order valence-electron chi connectivity index (χ4n) is 2.90. The van der Waals surface area contributed by atoms with Crippen molar-refractivity contribution < 1.29 is 27.0 Å². The van der Waals surface area contributed by atoms with Gasteiger partial charge in [0.05, 0.1) is 23.3 Å². The van der Waals surface area contributed by atoms with E-state index in [2.05, 4.69) is 5.10 Å². The molecule has 0 atom stereocenters. The van der Waals surface area contributed by atoms with E-state index in [9.17, 15) is 27.1 Å². The number of hydrogen-bond donors (Lipinski definition) is 1. The van der Waals surface area contributed by atoms with E-state index in [4.69, 9.17) is 4.74 Å². The summed E-state index contributed by atoms with van der Waals surface area (Å²) in [6, 6.07) is 9.10. The zero-order valence-electron chi connectivity index (χ0n) is 17.7. The van der Waals surface area contributed by atoms with Gasteiger partial charge >= 0.3 is 5.56 Å². The SMILES string of the molecule is CC(C)(O)CCOc1c(-c2ccc(S(C)(=O)=O)cc2)cnn(-c2cccc(F)c2F)c1=O. The van der Waals surface area contributed by atoms with Gasteiger partial charge in [-0.3, -0.25) is 4.79 Å². The lowest BCUT2D eigenvalue weighted by Gasteiger charge is -2.18. The van der Waals surface area contributed by atoms with Crippen LogP contribution in [-0.2, 0) is 9.84 Å². The highest BCUT2D eigenvalue weighted by Gasteiger charge is 2.21. The van der Waals surface area contributed by atoms with Crippen molar-refractivity contribution in [1.82, 2.24) is 9.78 Å². The Bertz CT molecular complexity index is 1300. The highest BCUT2D eigenvalue weighted by Crippen LogP contribution is 2.28. The van der Waals surface area contributed by atoms with E-state index in [1.165, 1.54) is 42.6 Å². The number of ether oxygens (including phenoxy) is 1. The van der Waals surface area contributed by atoms with Crippen LogP contribution in [0.2, 0.25) is 0 Å². The largest absolute Gasteiger partial charge is 0.487 e. The normalized spacial score (nSPS) is 12.1. The molecule has 2 aromatic carbocycles. The Morgan fingerprint density at radius 1 is 1.12 bits per heavy atom. The minimum atomic E-state index is -3.42. The molecular formula is C22H22F2N2O5S. The Hall–Kier alpha value is -3.11. The maximum absolute atomic E-state index is 14.3. The van der Waals surface area contributed by atoms with Crippen LogP contribution in [-0.4, -0.2) is 41.8 Å². The first-order valence-corrected chi connectivity index (χ1v) is 11.5. The van der Waals surface area contributed by atoms with Crippen molar-refractivity contribution in [3.8, 4) is 22.6 Å². The summed E-state index contributed by atoms with van der Waals surface area (Å²) < 4.78 is 57.7. The van der Waals surface area contributed by atoms with Gasteiger partial charge in [0.1, 0.15) is 5.69 Å². The summed E-state index contributed by atoms with van der Waals surface area (Å²) in [6.07, 6.45) is 2.51. The third-order valence-electron chi connectivity index (χ3n) is 4.65. The van der Waals surface area contributed by atoms with Gasteiger partial charge < -0.3 is 9.84 Å². The van der Waals surface area contributed by atoms with Crippen LogP contribution in [0.15, 0.2) is 58.4 Å². The fourth-order valence-corrected chi connectivity index (χ4v) is 3.53. The van der Waals surface area contributed by atoms with Gasteiger partial charge in [0, 0.05) is 18.2 Å². The van der Waals surface area contributed by atoms with Gasteiger partial charge in [-0.25, -0.2) is 17.2 Å². The van der Waals surface area contributed by atoms with Gasteiger partial charge in [-0.15, -0.1) is 0 Å². The minimum absolute atomic E-state index is 0.0389. The van der Waals surface area contributed by atoms with Crippen LogP contribution < -0.4 is 10.3 Å². The zero-order chi connectivity index (χ0) is 23.7. The van der Waals surface area contributed by atoms with Gasteiger partial charge in [0.15, 0.2) is 27.2 Å². The molecule has 0 saturated carbocycles. The molecule has 1 heterocycles. The van der Waals surface area contributed by atoms with Crippen LogP contribution in [0.25, 0.3) is 16.8 Å². The predicted molar refractivity (Wildman–Crippen MR) is 115 cm³/mol. The number of aliphatic hydroxyl groups is 1. The maximum atomic E-state index is 14.3. The van der Waals surface area contributed by atoms with Crippen molar-refractivity contribution in [3.63, 3.8) is 0 Å². The van der Waals surface area contributed by atoms with Crippen LogP contribution in [0.1, 0.15) is 20.3 Å². The molecule has 0 aliphatic rings. The van der Waals surface area contributed by atoms with Crippen molar-refractivity contribution in [2.75, 3.05) is 12.9 Å². The van der Waals surface area contributed by atoms with Crippen LogP contribution in [0.4, 0.5) is 8.78 Å². The van der Waals surface area contributed by atoms with E-state index < -0.39 is 32.6 Å². The Labute approximate surface area is 183 Å². The molecule has 0 bridgehead atoms. The zero-order valence-corrected chi connectivity index (χ0v) is 18.5. The van der Waals surface area contributed by atoms with Gasteiger partial charge in [0.2, 0.25) is 0 Å². The maximum Gasteiger partial charge on any atom is 0.314 e. The Balaban J connectivity index is 2.13. The van der Waals surface area contributed by atoms with Gasteiger partial charge in [-0.05, 0) is 43.7 Å². The summed E-state index contributed by atoms with van der Waals surface area (Å²) in [4.78, 5) is 13.2. The molecular weight excluding hydrogens is 442 g/mol. The first kappa shape index (κ1) is 23.6. The number of rotatable bonds is 7. The van der Waals surface area contributed by atoms with Crippen molar-refractivity contribution in [2.24, 2.45) is 0 Å². The van der Waals surface area contributed by atoms with E-state index >= 15 is 0 Å². The average molecular weight is 464 g/mol. The van der Waals surface area contributed by atoms with Crippen molar-refractivity contribution >= 4 is 9.84 Å². The molecule has 0 radical (unpaired) electrons. The summed E-state index contributed by atoms with van der Waals surface area (Å²) in [5.74, 6) is -2.57. The molecule has 0 aliphatic carbocycles. The van der Waals surface area contributed by atoms with Crippen LogP contribution >= 0.6 is 0 Å². The Kier molecular flexibility index (Phi) is 6.47. The van der Waals surface area contributed by atoms with E-state index in [0.29, 0.717) is 10.2 Å². The molecule has 10 heteroatoms. The summed E-state index contributed by atoms with van der Waals surface area (Å²) in [6.45, 7) is 3.12. The second-order valence-corrected chi connectivity index (χ2v) is 9.90. The molecule has 170 valence electrons. The number of sulfone groups is 1. The Morgan fingerprint density at radius 2 is 1.78 bits per heavy atom. The molecule has 0 amide bonds. The van der Waals surface area contributed by atoms with Crippen molar-refractivity contribution in [3.05, 3.63) is 70.6 Å². The molecule has 32 heavy (non-hydrogen) atoms. The number of aromatic nitrogens is 2. The molecule has 0 aliphatic heterocycles. The van der Waals surface area contributed by atoms with E-state index in [1.54, 1.807) is 13.8 Å². The fraction of sp³-hybridized carbons (Fsp3) is 0.273. The molecule has 1 N–H and O–H groups in total. The minimum Gasteiger partial charge on any atom is -0.487 e. The predicted octanol–water partition coefficient (Wildman–Crippen LogP) is 3.12. The second-order valence-electron chi connectivity index (χ2n) is 7.88. The molecule has 1 aromatic heterocycles. The summed E-state index contributed by atoms with van der Waals surface area (Å²) in [7, 11) is -3.42. The first-order valence-electron chi connectivity index (χ1n) is 9.61. The molecule has 0 spiro atoms. The van der Waals surface area contributed by atoms with E-state index in [1.807, 2.05) is 0 Å². The monoisotopic (exact) mass is 464 g/mol. The Morgan fingerprint density at radius 3 is 2.38 bits per heavy atom. The molecule has 3 aromatic rings. The third kappa shape index (κ3) is 5.20. The van der Waals surface area contributed by atoms with Crippen molar-refractivity contribution in [2.45, 2.75) is 30.8 Å². The quantitative estimate of drug-likeness (QED) is 0.577. The molecule has 0 unspecified atom stereocenters. The highest BCUT2D eigenvalue weighted by molar-refractivity contribution is 7.90. The topological polar surface area (TPSA) is 98.5 Å². The summed E-state index contributed by atoms with van der Waals surface area (Å²) >= 11 is 0. The van der Waals surface area contributed by atoms with Crippen LogP contribution in [0, 0.1) is 11.6 Å². The van der Waals surface area contributed by atoms with Crippen LogP contribution in [0.3, 0.4) is 0 Å². The summed E-state index contributed by atoms with van der Waals surface area (Å²) in [5.41, 5.74) is -1.61. The number of halogens is 2. The highest BCUT2D eigenvalue weighted by atomic mass is 32.2. The van der Waals surface area contributed by atoms with E-state index in [0.717, 1.165) is 12.3 Å². The summed E-state index contributed by atoms with van der Waals surface area (Å²) in [5, 5.41) is 13.9. The molecule has 0 saturated heterocycles. The van der Waals surface area contributed by atoms with E-state index in [-0.39, 0.29) is 34.9 Å². The molecule has 0 fully saturated rings. The first-order chi connectivity index (χ1) is 14.9. The molecule has 3 rings (SSSR count). The average Bonchev–Trinajstić information content (AvgIpc) is 2.70. The lowest BCUT2D eigenvalue weighted by molar-refractivity contribution is 0.0551. The third-order valence-corrected chi connectivity index (χ3v) is 5.78. The standard InChI is InChI=1S/C22H22F2N2O5S/c1-22(2,28)11-12-31-20-16(14-7-9-15(10-8-14)32(3,29)30)13-25-26(21(20)27)18-6-4-5-17(23)19(18)24/h4-10,13,28H,11-12H2,1-3H3. The number of nitrogens with zero attached hydrogens (tertiary/aromatic N) is 2. The van der Waals surface area contributed by atoms with Gasteiger partial charge in [-0.1, -0.05) is 18.2 Å². The van der Waals surface area contributed by atoms with Crippen LogP contribution in [0.5, 0.6) is 5.75 Å². The lowest BCUT2D eigenvalue weighted by atomic mass is 10.1. The smallest absolute Gasteiger partial charge is 0.314 e. The number of benzene rings is 2. The number of hydrogen-bond acceptors (Lipinski definition) is 6. The molecule has 7 nitrogen and oxygen atoms in total. The van der Waals surface area contributed by atoms with Crippen molar-refractivity contribution in [1.29, 1.82) is 0 Å².